The maximum absolute atomic E-state index is 14.0. The van der Waals surface area contributed by atoms with E-state index in [1.54, 1.807) is 31.2 Å². The maximum atomic E-state index is 14.0. The molecule has 0 saturated carbocycles. The molecular weight excluding hydrogens is 475 g/mol. The number of ether oxygens (including phenoxy) is 1. The summed E-state index contributed by atoms with van der Waals surface area (Å²) in [5.74, 6) is -0.667. The molecule has 1 N–H and O–H groups in total. The summed E-state index contributed by atoms with van der Waals surface area (Å²) in [6.07, 6.45) is -2.84. The van der Waals surface area contributed by atoms with Crippen molar-refractivity contribution in [1.82, 2.24) is 0 Å². The Balaban J connectivity index is 2.16. The molecule has 1 aliphatic rings. The van der Waals surface area contributed by atoms with Gasteiger partial charge in [0.05, 0.1) is 29.9 Å². The standard InChI is InChI=1S/C26H26F3N3O2S/c1-5-6-15-35-25-23(30-3)22(17-11-7-8-12-18(17)26(27,28)29)21(16(2)31-25)24(33)32-19-13-9-10-14-20(19)34-4/h7-14,22-23H,5-6,15H2,1-2,4H3,(H,32,33). The van der Waals surface area contributed by atoms with E-state index in [1.165, 1.54) is 37.1 Å². The van der Waals surface area contributed by atoms with Crippen molar-refractivity contribution in [3.05, 3.63) is 82.3 Å². The number of hydrogen-bond donors (Lipinski definition) is 1. The lowest BCUT2D eigenvalue weighted by Gasteiger charge is -2.29. The number of allylic oxidation sites excluding steroid dienone is 1. The Morgan fingerprint density at radius 3 is 2.54 bits per heavy atom. The van der Waals surface area contributed by atoms with Gasteiger partial charge in [0.1, 0.15) is 5.75 Å². The van der Waals surface area contributed by atoms with Crippen LogP contribution in [0.1, 0.15) is 43.7 Å². The first-order chi connectivity index (χ1) is 16.7. The Labute approximate surface area is 207 Å². The number of para-hydroxylation sites is 2. The van der Waals surface area contributed by atoms with E-state index in [4.69, 9.17) is 11.3 Å². The van der Waals surface area contributed by atoms with E-state index >= 15 is 0 Å². The number of carbonyl (C=O) groups is 1. The Kier molecular flexibility index (Phi) is 8.62. The molecule has 0 radical (unpaired) electrons. The van der Waals surface area contributed by atoms with Crippen molar-refractivity contribution in [3.8, 4) is 5.75 Å². The summed E-state index contributed by atoms with van der Waals surface area (Å²) >= 11 is 1.36. The summed E-state index contributed by atoms with van der Waals surface area (Å²) < 4.78 is 47.3. The van der Waals surface area contributed by atoms with E-state index in [0.29, 0.717) is 27.9 Å². The molecule has 0 aliphatic carbocycles. The van der Waals surface area contributed by atoms with Gasteiger partial charge in [0.2, 0.25) is 0 Å². The van der Waals surface area contributed by atoms with E-state index in [-0.39, 0.29) is 11.1 Å². The first-order valence-electron chi connectivity index (χ1n) is 11.1. The third kappa shape index (κ3) is 5.88. The molecule has 1 aliphatic heterocycles. The van der Waals surface area contributed by atoms with Gasteiger partial charge >= 0.3 is 6.18 Å². The van der Waals surface area contributed by atoms with Gasteiger partial charge in [0.15, 0.2) is 5.04 Å². The number of alkyl halides is 3. The lowest BCUT2D eigenvalue weighted by atomic mass is 9.80. The van der Waals surface area contributed by atoms with Crippen molar-refractivity contribution in [1.29, 1.82) is 0 Å². The number of anilines is 1. The number of benzene rings is 2. The summed E-state index contributed by atoms with van der Waals surface area (Å²) in [5, 5.41) is 3.18. The van der Waals surface area contributed by atoms with Crippen molar-refractivity contribution in [2.45, 2.75) is 44.8 Å². The normalized spacial score (nSPS) is 18.0. The van der Waals surface area contributed by atoms with Crippen LogP contribution in [0.15, 0.2) is 64.8 Å². The minimum absolute atomic E-state index is 0.0356. The van der Waals surface area contributed by atoms with Gasteiger partial charge in [0, 0.05) is 5.70 Å². The zero-order valence-electron chi connectivity index (χ0n) is 19.6. The number of halogens is 3. The molecule has 2 aromatic rings. The third-order valence-electron chi connectivity index (χ3n) is 5.64. The van der Waals surface area contributed by atoms with Gasteiger partial charge in [-0.3, -0.25) is 4.79 Å². The zero-order chi connectivity index (χ0) is 25.6. The van der Waals surface area contributed by atoms with Crippen LogP contribution in [0.25, 0.3) is 4.85 Å². The molecule has 5 nitrogen and oxygen atoms in total. The van der Waals surface area contributed by atoms with Crippen LogP contribution >= 0.6 is 11.8 Å². The molecule has 35 heavy (non-hydrogen) atoms. The van der Waals surface area contributed by atoms with Crippen LogP contribution < -0.4 is 10.1 Å². The summed E-state index contributed by atoms with van der Waals surface area (Å²) in [6.45, 7) is 11.5. The summed E-state index contributed by atoms with van der Waals surface area (Å²) in [4.78, 5) is 21.8. The second-order valence-electron chi connectivity index (χ2n) is 7.94. The Morgan fingerprint density at radius 2 is 1.89 bits per heavy atom. The van der Waals surface area contributed by atoms with Crippen LogP contribution in [0.2, 0.25) is 0 Å². The minimum atomic E-state index is -4.65. The van der Waals surface area contributed by atoms with Gasteiger partial charge < -0.3 is 14.9 Å². The van der Waals surface area contributed by atoms with Gasteiger partial charge in [-0.15, -0.1) is 11.8 Å². The summed E-state index contributed by atoms with van der Waals surface area (Å²) in [6, 6.07) is 10.8. The van der Waals surface area contributed by atoms with E-state index < -0.39 is 29.6 Å². The van der Waals surface area contributed by atoms with Crippen molar-refractivity contribution >= 4 is 28.4 Å². The Hall–Kier alpha value is -3.25. The number of nitrogens with one attached hydrogen (secondary N) is 1. The molecule has 0 fully saturated rings. The average Bonchev–Trinajstić information content (AvgIpc) is 2.83. The lowest BCUT2D eigenvalue weighted by Crippen LogP contribution is -2.35. The fraction of sp³-hybridized carbons (Fsp3) is 0.346. The SMILES string of the molecule is [C-]#[N+]C1C(SCCCC)=NC(C)=C(C(=O)Nc2ccccc2OC)C1c1ccccc1C(F)(F)F. The number of unbranched alkanes of at least 4 members (excludes halogenated alkanes) is 1. The molecular formula is C26H26F3N3O2S. The number of nitrogens with zero attached hydrogens (tertiary/aromatic N) is 2. The van der Waals surface area contributed by atoms with Gasteiger partial charge in [-0.2, -0.15) is 13.2 Å². The second-order valence-corrected chi connectivity index (χ2v) is 9.06. The number of hydrogen-bond acceptors (Lipinski definition) is 4. The highest BCUT2D eigenvalue weighted by atomic mass is 32.2. The van der Waals surface area contributed by atoms with Gasteiger partial charge in [-0.05, 0) is 42.9 Å². The van der Waals surface area contributed by atoms with Crippen molar-refractivity contribution in [3.63, 3.8) is 0 Å². The minimum Gasteiger partial charge on any atom is -0.495 e. The van der Waals surface area contributed by atoms with Crippen LogP contribution in [-0.4, -0.2) is 29.9 Å². The molecule has 9 heteroatoms. The number of aliphatic imine (C=N–C) groups is 1. The van der Waals surface area contributed by atoms with Gasteiger partial charge in [-0.1, -0.05) is 43.7 Å². The maximum Gasteiger partial charge on any atom is 0.416 e. The Bertz CT molecular complexity index is 1180. The summed E-state index contributed by atoms with van der Waals surface area (Å²) in [7, 11) is 1.46. The molecule has 2 unspecified atom stereocenters. The molecule has 0 aromatic heterocycles. The number of amides is 1. The van der Waals surface area contributed by atoms with E-state index in [0.717, 1.165) is 18.9 Å². The van der Waals surface area contributed by atoms with Crippen LogP contribution in [0.5, 0.6) is 5.75 Å². The smallest absolute Gasteiger partial charge is 0.416 e. The first-order valence-corrected chi connectivity index (χ1v) is 12.1. The fourth-order valence-electron chi connectivity index (χ4n) is 3.98. The molecule has 184 valence electrons. The van der Waals surface area contributed by atoms with Crippen LogP contribution in [0, 0.1) is 6.57 Å². The number of carbonyl (C=O) groups excluding carboxylic acids is 1. The highest BCUT2D eigenvalue weighted by Gasteiger charge is 2.46. The molecule has 1 amide bonds. The number of thioether (sulfide) groups is 1. The third-order valence-corrected chi connectivity index (χ3v) is 6.76. The first kappa shape index (κ1) is 26.4. The van der Waals surface area contributed by atoms with Crippen LogP contribution in [0.4, 0.5) is 18.9 Å². The van der Waals surface area contributed by atoms with Gasteiger partial charge in [0.25, 0.3) is 11.9 Å². The van der Waals surface area contributed by atoms with E-state index in [2.05, 4.69) is 15.2 Å². The highest BCUT2D eigenvalue weighted by Crippen LogP contribution is 2.44. The van der Waals surface area contributed by atoms with Crippen molar-refractivity contribution < 1.29 is 22.7 Å². The average molecular weight is 502 g/mol. The highest BCUT2D eigenvalue weighted by molar-refractivity contribution is 8.14. The summed E-state index contributed by atoms with van der Waals surface area (Å²) in [5.41, 5.74) is -0.288. The Morgan fingerprint density at radius 1 is 1.20 bits per heavy atom. The topological polar surface area (TPSA) is 55.0 Å². The molecule has 2 aromatic carbocycles. The zero-order valence-corrected chi connectivity index (χ0v) is 20.5. The quantitative estimate of drug-likeness (QED) is 0.330. The van der Waals surface area contributed by atoms with E-state index in [9.17, 15) is 18.0 Å². The fourth-order valence-corrected chi connectivity index (χ4v) is 5.18. The second kappa shape index (κ2) is 11.5. The molecule has 1 heterocycles. The number of methoxy groups -OCH3 is 1. The predicted molar refractivity (Wildman–Crippen MR) is 134 cm³/mol. The largest absolute Gasteiger partial charge is 0.495 e. The molecule has 0 spiro atoms. The monoisotopic (exact) mass is 501 g/mol. The predicted octanol–water partition coefficient (Wildman–Crippen LogP) is 6.94. The van der Waals surface area contributed by atoms with Gasteiger partial charge in [-0.25, -0.2) is 11.6 Å². The van der Waals surface area contributed by atoms with Crippen molar-refractivity contribution in [2.24, 2.45) is 4.99 Å². The molecule has 0 bridgehead atoms. The van der Waals surface area contributed by atoms with E-state index in [1.807, 2.05) is 6.92 Å². The number of rotatable bonds is 7. The van der Waals surface area contributed by atoms with Crippen molar-refractivity contribution in [2.75, 3.05) is 18.2 Å². The lowest BCUT2D eigenvalue weighted by molar-refractivity contribution is -0.138. The van der Waals surface area contributed by atoms with Crippen LogP contribution in [-0.2, 0) is 11.0 Å². The molecule has 2 atom stereocenters. The van der Waals surface area contributed by atoms with Crippen LogP contribution in [0.3, 0.4) is 0 Å². The molecule has 3 rings (SSSR count). The molecule has 0 saturated heterocycles.